The maximum atomic E-state index is 12.6. The standard InChI is InChI=1S/C23H25N5O3S/c1-17(22(30)27-12-14-31-15-13-27)24-20(29)16-32-23-26-25-21(18-8-4-2-5-9-18)28(23)19-10-6-3-7-11-19/h2-11,17H,12-16H2,1H3,(H,24,29). The molecule has 0 saturated carbocycles. The summed E-state index contributed by atoms with van der Waals surface area (Å²) < 4.78 is 7.22. The van der Waals surface area contributed by atoms with E-state index in [2.05, 4.69) is 15.5 Å². The third-order valence-electron chi connectivity index (χ3n) is 5.08. The number of thioether (sulfide) groups is 1. The first-order valence-electron chi connectivity index (χ1n) is 10.5. The van der Waals surface area contributed by atoms with Gasteiger partial charge in [-0.15, -0.1) is 10.2 Å². The summed E-state index contributed by atoms with van der Waals surface area (Å²) in [6.45, 7) is 3.87. The van der Waals surface area contributed by atoms with Gasteiger partial charge in [-0.1, -0.05) is 60.3 Å². The zero-order valence-electron chi connectivity index (χ0n) is 17.8. The van der Waals surface area contributed by atoms with Crippen LogP contribution in [0.3, 0.4) is 0 Å². The summed E-state index contributed by atoms with van der Waals surface area (Å²) in [7, 11) is 0. The SMILES string of the molecule is CC(NC(=O)CSc1nnc(-c2ccccc2)n1-c1ccccc1)C(=O)N1CCOCC1. The summed E-state index contributed by atoms with van der Waals surface area (Å²) in [5.74, 6) is 0.509. The van der Waals surface area contributed by atoms with Crippen LogP contribution in [0.2, 0.25) is 0 Å². The van der Waals surface area contributed by atoms with Gasteiger partial charge in [-0.3, -0.25) is 14.2 Å². The summed E-state index contributed by atoms with van der Waals surface area (Å²) in [4.78, 5) is 26.8. The Labute approximate surface area is 191 Å². The van der Waals surface area contributed by atoms with Gasteiger partial charge in [0, 0.05) is 24.3 Å². The van der Waals surface area contributed by atoms with E-state index in [4.69, 9.17) is 4.74 Å². The molecule has 1 fully saturated rings. The first-order valence-corrected chi connectivity index (χ1v) is 11.5. The highest BCUT2D eigenvalue weighted by Crippen LogP contribution is 2.27. The number of hydrogen-bond donors (Lipinski definition) is 1. The van der Waals surface area contributed by atoms with Crippen molar-refractivity contribution in [2.75, 3.05) is 32.1 Å². The van der Waals surface area contributed by atoms with E-state index in [1.165, 1.54) is 11.8 Å². The zero-order valence-corrected chi connectivity index (χ0v) is 18.6. The Bertz CT molecular complexity index is 1050. The topological polar surface area (TPSA) is 89.3 Å². The van der Waals surface area contributed by atoms with Crippen molar-refractivity contribution >= 4 is 23.6 Å². The molecule has 2 aromatic carbocycles. The van der Waals surface area contributed by atoms with Crippen LogP contribution in [-0.4, -0.2) is 69.6 Å². The molecular weight excluding hydrogens is 426 g/mol. The maximum Gasteiger partial charge on any atom is 0.245 e. The quantitative estimate of drug-likeness (QED) is 0.555. The highest BCUT2D eigenvalue weighted by atomic mass is 32.2. The predicted octanol–water partition coefficient (Wildman–Crippen LogP) is 2.39. The number of morpholine rings is 1. The van der Waals surface area contributed by atoms with Crippen molar-refractivity contribution < 1.29 is 14.3 Å². The number of carbonyl (C=O) groups excluding carboxylic acids is 2. The predicted molar refractivity (Wildman–Crippen MR) is 123 cm³/mol. The fourth-order valence-corrected chi connectivity index (χ4v) is 4.24. The number of para-hydroxylation sites is 1. The third-order valence-corrected chi connectivity index (χ3v) is 6.01. The van der Waals surface area contributed by atoms with E-state index in [9.17, 15) is 9.59 Å². The van der Waals surface area contributed by atoms with Crippen LogP contribution in [0, 0.1) is 0 Å². The minimum Gasteiger partial charge on any atom is -0.378 e. The summed E-state index contributed by atoms with van der Waals surface area (Å²) in [5, 5.41) is 12.1. The van der Waals surface area contributed by atoms with Gasteiger partial charge in [-0.25, -0.2) is 0 Å². The monoisotopic (exact) mass is 451 g/mol. The van der Waals surface area contributed by atoms with E-state index in [-0.39, 0.29) is 17.6 Å². The highest BCUT2D eigenvalue weighted by molar-refractivity contribution is 7.99. The lowest BCUT2D eigenvalue weighted by atomic mass is 10.2. The Morgan fingerprint density at radius 3 is 2.38 bits per heavy atom. The van der Waals surface area contributed by atoms with Crippen LogP contribution < -0.4 is 5.32 Å². The van der Waals surface area contributed by atoms with Crippen LogP contribution in [-0.2, 0) is 14.3 Å². The van der Waals surface area contributed by atoms with Crippen molar-refractivity contribution in [3.8, 4) is 17.1 Å². The first kappa shape index (κ1) is 22.0. The number of nitrogens with one attached hydrogen (secondary N) is 1. The second kappa shape index (κ2) is 10.4. The van der Waals surface area contributed by atoms with Gasteiger partial charge >= 0.3 is 0 Å². The molecule has 1 unspecified atom stereocenters. The highest BCUT2D eigenvalue weighted by Gasteiger charge is 2.24. The van der Waals surface area contributed by atoms with Crippen LogP contribution in [0.5, 0.6) is 0 Å². The van der Waals surface area contributed by atoms with Gasteiger partial charge < -0.3 is 15.0 Å². The summed E-state index contributed by atoms with van der Waals surface area (Å²) in [6.07, 6.45) is 0. The molecular formula is C23H25N5O3S. The lowest BCUT2D eigenvalue weighted by molar-refractivity contribution is -0.139. The minimum atomic E-state index is -0.590. The molecule has 2 amide bonds. The van der Waals surface area contributed by atoms with Crippen LogP contribution in [0.4, 0.5) is 0 Å². The molecule has 0 spiro atoms. The van der Waals surface area contributed by atoms with Crippen LogP contribution >= 0.6 is 11.8 Å². The Kier molecular flexibility index (Phi) is 7.18. The molecule has 1 aliphatic heterocycles. The lowest BCUT2D eigenvalue weighted by Crippen LogP contribution is -2.50. The number of nitrogens with zero attached hydrogens (tertiary/aromatic N) is 4. The number of benzene rings is 2. The Hall–Kier alpha value is -3.17. The molecule has 1 aromatic heterocycles. The van der Waals surface area contributed by atoms with Gasteiger partial charge in [-0.2, -0.15) is 0 Å². The van der Waals surface area contributed by atoms with E-state index in [1.807, 2.05) is 65.2 Å². The van der Waals surface area contributed by atoms with Crippen LogP contribution in [0.25, 0.3) is 17.1 Å². The average Bonchev–Trinajstić information content (AvgIpc) is 3.28. The fourth-order valence-electron chi connectivity index (χ4n) is 3.48. The van der Waals surface area contributed by atoms with Gasteiger partial charge in [0.2, 0.25) is 11.8 Å². The first-order chi connectivity index (χ1) is 15.6. The molecule has 1 N–H and O–H groups in total. The molecule has 3 aromatic rings. The van der Waals surface area contributed by atoms with Crippen molar-refractivity contribution in [3.63, 3.8) is 0 Å². The molecule has 0 radical (unpaired) electrons. The number of rotatable bonds is 7. The van der Waals surface area contributed by atoms with Gasteiger partial charge in [0.1, 0.15) is 6.04 Å². The smallest absolute Gasteiger partial charge is 0.245 e. The molecule has 4 rings (SSSR count). The van der Waals surface area contributed by atoms with Crippen molar-refractivity contribution in [2.24, 2.45) is 0 Å². The summed E-state index contributed by atoms with van der Waals surface area (Å²) in [5.41, 5.74) is 1.85. The minimum absolute atomic E-state index is 0.0922. The second-order valence-corrected chi connectivity index (χ2v) is 8.30. The molecule has 1 saturated heterocycles. The molecule has 32 heavy (non-hydrogen) atoms. The van der Waals surface area contributed by atoms with E-state index in [0.29, 0.717) is 37.3 Å². The van der Waals surface area contributed by atoms with Crippen molar-refractivity contribution in [1.29, 1.82) is 0 Å². The molecule has 0 aliphatic carbocycles. The normalized spacial score (nSPS) is 14.7. The summed E-state index contributed by atoms with van der Waals surface area (Å²) >= 11 is 1.29. The van der Waals surface area contributed by atoms with Gasteiger partial charge in [0.05, 0.1) is 19.0 Å². The Balaban J connectivity index is 1.45. The second-order valence-electron chi connectivity index (χ2n) is 7.36. The largest absolute Gasteiger partial charge is 0.378 e. The maximum absolute atomic E-state index is 12.6. The molecule has 0 bridgehead atoms. The number of ether oxygens (including phenoxy) is 1. The van der Waals surface area contributed by atoms with Crippen molar-refractivity contribution in [2.45, 2.75) is 18.1 Å². The van der Waals surface area contributed by atoms with E-state index >= 15 is 0 Å². The molecule has 2 heterocycles. The van der Waals surface area contributed by atoms with Crippen molar-refractivity contribution in [1.82, 2.24) is 25.0 Å². The van der Waals surface area contributed by atoms with E-state index < -0.39 is 6.04 Å². The molecule has 1 aliphatic rings. The Morgan fingerprint density at radius 1 is 1.03 bits per heavy atom. The van der Waals surface area contributed by atoms with Crippen molar-refractivity contribution in [3.05, 3.63) is 60.7 Å². The number of carbonyl (C=O) groups is 2. The average molecular weight is 452 g/mol. The number of aromatic nitrogens is 3. The van der Waals surface area contributed by atoms with Gasteiger partial charge in [0.15, 0.2) is 11.0 Å². The lowest BCUT2D eigenvalue weighted by Gasteiger charge is -2.29. The number of amides is 2. The zero-order chi connectivity index (χ0) is 22.3. The fraction of sp³-hybridized carbons (Fsp3) is 0.304. The van der Waals surface area contributed by atoms with Gasteiger partial charge in [0.25, 0.3) is 0 Å². The molecule has 166 valence electrons. The number of hydrogen-bond acceptors (Lipinski definition) is 6. The van der Waals surface area contributed by atoms with E-state index in [0.717, 1.165) is 11.3 Å². The van der Waals surface area contributed by atoms with Gasteiger partial charge in [-0.05, 0) is 19.1 Å². The third kappa shape index (κ3) is 5.17. The molecule has 9 heteroatoms. The Morgan fingerprint density at radius 2 is 1.69 bits per heavy atom. The van der Waals surface area contributed by atoms with E-state index in [1.54, 1.807) is 11.8 Å². The molecule has 8 nitrogen and oxygen atoms in total. The summed E-state index contributed by atoms with van der Waals surface area (Å²) in [6, 6.07) is 19.0. The van der Waals surface area contributed by atoms with Crippen LogP contribution in [0.15, 0.2) is 65.8 Å². The molecule has 1 atom stereocenters. The van der Waals surface area contributed by atoms with Crippen LogP contribution in [0.1, 0.15) is 6.92 Å².